The van der Waals surface area contributed by atoms with Crippen LogP contribution in [0.4, 0.5) is 0 Å². The van der Waals surface area contributed by atoms with E-state index in [0.717, 1.165) is 12.8 Å². The number of carbonyl (C=O) groups is 1. The van der Waals surface area contributed by atoms with Crippen LogP contribution in [0.5, 0.6) is 0 Å². The van der Waals surface area contributed by atoms with Crippen LogP contribution in [0.15, 0.2) is 12.2 Å². The van der Waals surface area contributed by atoms with Gasteiger partial charge in [-0.2, -0.15) is 0 Å². The Labute approximate surface area is 78.8 Å². The molecule has 0 fully saturated rings. The molecule has 1 amide bonds. The lowest BCUT2D eigenvalue weighted by Gasteiger charge is -2.12. The van der Waals surface area contributed by atoms with Crippen LogP contribution in [0.2, 0.25) is 0 Å². The highest BCUT2D eigenvalue weighted by molar-refractivity contribution is 5.79. The summed E-state index contributed by atoms with van der Waals surface area (Å²) in [5.74, 6) is 0.168. The molecule has 0 saturated heterocycles. The number of aliphatic hydroxyl groups excluding tert-OH is 1. The highest BCUT2D eigenvalue weighted by Crippen LogP contribution is 2.17. The predicted molar refractivity (Wildman–Crippen MR) is 51.2 cm³/mol. The molecule has 1 rings (SSSR count). The lowest BCUT2D eigenvalue weighted by atomic mass is 10.1. The highest BCUT2D eigenvalue weighted by Gasteiger charge is 2.18. The molecule has 0 heterocycles. The third kappa shape index (κ3) is 3.19. The standard InChI is InChI=1S/C10H17NO2/c1-2-9(12)7-11-10(13)8-5-3-4-6-8/h3-4,8-9,12H,2,5-7H2,1H3,(H,11,13). The molecule has 0 aromatic rings. The van der Waals surface area contributed by atoms with Crippen LogP contribution < -0.4 is 5.32 Å². The van der Waals surface area contributed by atoms with E-state index < -0.39 is 6.10 Å². The van der Waals surface area contributed by atoms with Gasteiger partial charge in [0.2, 0.25) is 5.91 Å². The molecule has 1 aliphatic carbocycles. The Kier molecular flexibility index (Phi) is 3.96. The molecule has 0 spiro atoms. The minimum Gasteiger partial charge on any atom is -0.391 e. The number of hydrogen-bond acceptors (Lipinski definition) is 2. The summed E-state index contributed by atoms with van der Waals surface area (Å²) in [6.07, 6.45) is 6.02. The van der Waals surface area contributed by atoms with Crippen LogP contribution >= 0.6 is 0 Å². The minimum atomic E-state index is -0.404. The van der Waals surface area contributed by atoms with E-state index in [1.54, 1.807) is 0 Å². The zero-order chi connectivity index (χ0) is 9.68. The molecule has 0 saturated carbocycles. The van der Waals surface area contributed by atoms with Crippen LogP contribution in [0, 0.1) is 5.92 Å². The number of allylic oxidation sites excluding steroid dienone is 2. The maximum atomic E-state index is 11.4. The van der Waals surface area contributed by atoms with Crippen LogP contribution in [-0.2, 0) is 4.79 Å². The van der Waals surface area contributed by atoms with Gasteiger partial charge in [0.1, 0.15) is 0 Å². The molecule has 1 aliphatic rings. The first-order valence-electron chi connectivity index (χ1n) is 4.84. The van der Waals surface area contributed by atoms with Crippen molar-refractivity contribution in [1.29, 1.82) is 0 Å². The second kappa shape index (κ2) is 5.02. The van der Waals surface area contributed by atoms with Crippen molar-refractivity contribution < 1.29 is 9.90 Å². The van der Waals surface area contributed by atoms with Gasteiger partial charge in [-0.15, -0.1) is 0 Å². The van der Waals surface area contributed by atoms with Crippen molar-refractivity contribution in [3.05, 3.63) is 12.2 Å². The number of aliphatic hydroxyl groups is 1. The first kappa shape index (κ1) is 10.3. The molecule has 13 heavy (non-hydrogen) atoms. The summed E-state index contributed by atoms with van der Waals surface area (Å²) in [5, 5.41) is 12.0. The number of nitrogens with one attached hydrogen (secondary N) is 1. The van der Waals surface area contributed by atoms with E-state index >= 15 is 0 Å². The Morgan fingerprint density at radius 2 is 2.23 bits per heavy atom. The van der Waals surface area contributed by atoms with Gasteiger partial charge in [0.15, 0.2) is 0 Å². The summed E-state index contributed by atoms with van der Waals surface area (Å²) in [6.45, 7) is 2.28. The van der Waals surface area contributed by atoms with Gasteiger partial charge in [-0.25, -0.2) is 0 Å². The van der Waals surface area contributed by atoms with E-state index in [0.29, 0.717) is 13.0 Å². The van der Waals surface area contributed by atoms with Crippen molar-refractivity contribution >= 4 is 5.91 Å². The van der Waals surface area contributed by atoms with E-state index in [-0.39, 0.29) is 11.8 Å². The Balaban J connectivity index is 2.17. The van der Waals surface area contributed by atoms with Gasteiger partial charge in [0, 0.05) is 12.5 Å². The first-order valence-corrected chi connectivity index (χ1v) is 4.84. The van der Waals surface area contributed by atoms with Gasteiger partial charge in [-0.1, -0.05) is 19.1 Å². The Bertz CT molecular complexity index is 193. The molecule has 74 valence electrons. The van der Waals surface area contributed by atoms with Crippen molar-refractivity contribution in [2.24, 2.45) is 5.92 Å². The number of amides is 1. The van der Waals surface area contributed by atoms with Gasteiger partial charge in [-0.3, -0.25) is 4.79 Å². The van der Waals surface area contributed by atoms with Gasteiger partial charge in [-0.05, 0) is 19.3 Å². The van der Waals surface area contributed by atoms with E-state index in [4.69, 9.17) is 0 Å². The average molecular weight is 183 g/mol. The van der Waals surface area contributed by atoms with Crippen LogP contribution in [0.25, 0.3) is 0 Å². The summed E-state index contributed by atoms with van der Waals surface area (Å²) in [5.41, 5.74) is 0. The quantitative estimate of drug-likeness (QED) is 0.634. The second-order valence-electron chi connectivity index (χ2n) is 3.45. The van der Waals surface area contributed by atoms with Crippen molar-refractivity contribution in [2.75, 3.05) is 6.54 Å². The van der Waals surface area contributed by atoms with Gasteiger partial charge in [0.05, 0.1) is 6.10 Å². The molecule has 3 heteroatoms. The van der Waals surface area contributed by atoms with Crippen molar-refractivity contribution in [3.8, 4) is 0 Å². The largest absolute Gasteiger partial charge is 0.391 e. The molecule has 0 aromatic carbocycles. The average Bonchev–Trinajstić information content (AvgIpc) is 2.66. The molecule has 0 aliphatic heterocycles. The highest BCUT2D eigenvalue weighted by atomic mass is 16.3. The molecule has 1 atom stereocenters. The van der Waals surface area contributed by atoms with Crippen molar-refractivity contribution in [2.45, 2.75) is 32.3 Å². The van der Waals surface area contributed by atoms with E-state index in [1.807, 2.05) is 19.1 Å². The van der Waals surface area contributed by atoms with E-state index in [2.05, 4.69) is 5.32 Å². The third-order valence-electron chi connectivity index (χ3n) is 2.36. The summed E-state index contributed by atoms with van der Waals surface area (Å²) >= 11 is 0. The van der Waals surface area contributed by atoms with Crippen molar-refractivity contribution in [3.63, 3.8) is 0 Å². The summed E-state index contributed by atoms with van der Waals surface area (Å²) in [4.78, 5) is 11.4. The maximum absolute atomic E-state index is 11.4. The zero-order valence-corrected chi connectivity index (χ0v) is 7.99. The smallest absolute Gasteiger partial charge is 0.223 e. The Morgan fingerprint density at radius 3 is 2.77 bits per heavy atom. The molecule has 0 radical (unpaired) electrons. The Hall–Kier alpha value is -0.830. The molecular formula is C10H17NO2. The number of carbonyl (C=O) groups excluding carboxylic acids is 1. The molecule has 2 N–H and O–H groups in total. The molecule has 1 unspecified atom stereocenters. The number of rotatable bonds is 4. The lowest BCUT2D eigenvalue weighted by molar-refractivity contribution is -0.125. The van der Waals surface area contributed by atoms with Crippen LogP contribution in [-0.4, -0.2) is 23.7 Å². The zero-order valence-electron chi connectivity index (χ0n) is 7.99. The monoisotopic (exact) mass is 183 g/mol. The third-order valence-corrected chi connectivity index (χ3v) is 2.36. The number of hydrogen-bond donors (Lipinski definition) is 2. The summed E-state index contributed by atoms with van der Waals surface area (Å²) < 4.78 is 0. The maximum Gasteiger partial charge on any atom is 0.223 e. The minimum absolute atomic E-state index is 0.0671. The molecule has 0 bridgehead atoms. The SMILES string of the molecule is CCC(O)CNC(=O)C1CC=CC1. The molecule has 0 aromatic heterocycles. The first-order chi connectivity index (χ1) is 6.24. The molecule has 3 nitrogen and oxygen atoms in total. The summed E-state index contributed by atoms with van der Waals surface area (Å²) in [6, 6.07) is 0. The Morgan fingerprint density at radius 1 is 1.62 bits per heavy atom. The van der Waals surface area contributed by atoms with Gasteiger partial charge < -0.3 is 10.4 Å². The van der Waals surface area contributed by atoms with Crippen molar-refractivity contribution in [1.82, 2.24) is 5.32 Å². The lowest BCUT2D eigenvalue weighted by Crippen LogP contribution is -2.35. The normalized spacial score (nSPS) is 18.9. The fraction of sp³-hybridized carbons (Fsp3) is 0.700. The molecular weight excluding hydrogens is 166 g/mol. The topological polar surface area (TPSA) is 49.3 Å². The fourth-order valence-electron chi connectivity index (χ4n) is 1.34. The second-order valence-corrected chi connectivity index (χ2v) is 3.45. The van der Waals surface area contributed by atoms with Crippen LogP contribution in [0.3, 0.4) is 0 Å². The summed E-state index contributed by atoms with van der Waals surface area (Å²) in [7, 11) is 0. The predicted octanol–water partition coefficient (Wildman–Crippen LogP) is 0.840. The fourth-order valence-corrected chi connectivity index (χ4v) is 1.34. The van der Waals surface area contributed by atoms with Gasteiger partial charge in [0.25, 0.3) is 0 Å². The van der Waals surface area contributed by atoms with E-state index in [1.165, 1.54) is 0 Å². The van der Waals surface area contributed by atoms with Crippen LogP contribution in [0.1, 0.15) is 26.2 Å². The van der Waals surface area contributed by atoms with Gasteiger partial charge >= 0.3 is 0 Å². The van der Waals surface area contributed by atoms with E-state index in [9.17, 15) is 9.90 Å².